The first kappa shape index (κ1) is 23.2. The van der Waals surface area contributed by atoms with Gasteiger partial charge in [0.25, 0.3) is 5.91 Å². The number of amides is 1. The second-order valence-corrected chi connectivity index (χ2v) is 9.40. The topological polar surface area (TPSA) is 67.2 Å². The van der Waals surface area contributed by atoms with E-state index in [1.807, 2.05) is 6.07 Å². The number of aromatic nitrogens is 1. The zero-order valence-electron chi connectivity index (χ0n) is 18.6. The maximum absolute atomic E-state index is 13.2. The Morgan fingerprint density at radius 2 is 1.83 bits per heavy atom. The maximum atomic E-state index is 13.2. The minimum atomic E-state index is -4.42. The third-order valence-electron chi connectivity index (χ3n) is 6.00. The highest BCUT2D eigenvalue weighted by Crippen LogP contribution is 2.45. The molecule has 1 unspecified atom stereocenters. The van der Waals surface area contributed by atoms with Crippen LogP contribution in [-0.4, -0.2) is 10.9 Å². The lowest BCUT2D eigenvalue weighted by atomic mass is 9.89. The number of hydrogen-bond acceptors (Lipinski definition) is 5. The fourth-order valence-electron chi connectivity index (χ4n) is 4.34. The molecule has 0 fully saturated rings. The summed E-state index contributed by atoms with van der Waals surface area (Å²) in [6.07, 6.45) is 2.44. The number of anilines is 2. The van der Waals surface area contributed by atoms with E-state index in [-0.39, 0.29) is 11.7 Å². The number of carbonyl (C=O) groups is 1. The van der Waals surface area contributed by atoms with Crippen molar-refractivity contribution in [3.8, 4) is 0 Å². The largest absolute Gasteiger partial charge is 0.459 e. The van der Waals surface area contributed by atoms with Gasteiger partial charge in [0.05, 0.1) is 17.9 Å². The summed E-state index contributed by atoms with van der Waals surface area (Å²) in [4.78, 5) is 18.4. The number of benzene rings is 1. The summed E-state index contributed by atoms with van der Waals surface area (Å²) < 4.78 is 44.9. The van der Waals surface area contributed by atoms with Crippen LogP contribution in [0.1, 0.15) is 56.6 Å². The molecule has 0 saturated heterocycles. The number of halogens is 3. The number of pyridine rings is 1. The van der Waals surface area contributed by atoms with Crippen LogP contribution in [0.5, 0.6) is 0 Å². The van der Waals surface area contributed by atoms with Crippen LogP contribution in [0.3, 0.4) is 0 Å². The quantitative estimate of drug-likeness (QED) is 0.299. The third-order valence-corrected chi connectivity index (χ3v) is 7.22. The van der Waals surface area contributed by atoms with E-state index in [1.165, 1.54) is 34.6 Å². The van der Waals surface area contributed by atoms with Gasteiger partial charge >= 0.3 is 6.18 Å². The molecule has 1 amide bonds. The van der Waals surface area contributed by atoms with Gasteiger partial charge in [0.15, 0.2) is 5.76 Å². The van der Waals surface area contributed by atoms with Gasteiger partial charge in [-0.25, -0.2) is 4.98 Å². The fraction of sp³-hybridized carbons (Fsp3) is 0.231. The minimum Gasteiger partial charge on any atom is -0.459 e. The molecule has 35 heavy (non-hydrogen) atoms. The van der Waals surface area contributed by atoms with Crippen molar-refractivity contribution in [1.82, 2.24) is 4.98 Å². The van der Waals surface area contributed by atoms with E-state index in [1.54, 1.807) is 30.5 Å². The van der Waals surface area contributed by atoms with E-state index in [9.17, 15) is 18.0 Å². The Labute approximate surface area is 204 Å². The first-order valence-corrected chi connectivity index (χ1v) is 12.1. The fourth-order valence-corrected chi connectivity index (χ4v) is 5.67. The second kappa shape index (κ2) is 9.58. The zero-order chi connectivity index (χ0) is 24.4. The Bertz CT molecular complexity index is 1300. The summed E-state index contributed by atoms with van der Waals surface area (Å²) in [7, 11) is 0. The monoisotopic (exact) mass is 497 g/mol. The van der Waals surface area contributed by atoms with Crippen LogP contribution in [0.2, 0.25) is 0 Å². The lowest BCUT2D eigenvalue weighted by Crippen LogP contribution is -2.19. The van der Waals surface area contributed by atoms with E-state index in [0.29, 0.717) is 16.4 Å². The van der Waals surface area contributed by atoms with E-state index in [2.05, 4.69) is 15.6 Å². The predicted octanol–water partition coefficient (Wildman–Crippen LogP) is 7.09. The van der Waals surface area contributed by atoms with Gasteiger partial charge in [0.2, 0.25) is 0 Å². The highest BCUT2D eigenvalue weighted by atomic mass is 32.1. The van der Waals surface area contributed by atoms with Crippen molar-refractivity contribution in [2.45, 2.75) is 37.9 Å². The first-order chi connectivity index (χ1) is 16.9. The maximum Gasteiger partial charge on any atom is 0.416 e. The molecule has 3 aromatic heterocycles. The van der Waals surface area contributed by atoms with Crippen molar-refractivity contribution >= 4 is 28.1 Å². The highest BCUT2D eigenvalue weighted by molar-refractivity contribution is 7.16. The molecule has 0 spiro atoms. The molecular formula is C26H22F3N3O2S. The van der Waals surface area contributed by atoms with Gasteiger partial charge in [-0.1, -0.05) is 18.2 Å². The van der Waals surface area contributed by atoms with Crippen molar-refractivity contribution in [2.75, 3.05) is 10.6 Å². The lowest BCUT2D eigenvalue weighted by Gasteiger charge is -2.24. The average molecular weight is 498 g/mol. The summed E-state index contributed by atoms with van der Waals surface area (Å²) >= 11 is 1.51. The number of fused-ring (bicyclic) bond motifs is 1. The smallest absolute Gasteiger partial charge is 0.416 e. The van der Waals surface area contributed by atoms with Crippen molar-refractivity contribution in [1.29, 1.82) is 0 Å². The molecule has 2 N–H and O–H groups in total. The number of carbonyl (C=O) groups excluding carboxylic acids is 1. The predicted molar refractivity (Wildman–Crippen MR) is 129 cm³/mol. The van der Waals surface area contributed by atoms with Gasteiger partial charge in [-0.3, -0.25) is 4.79 Å². The number of alkyl halides is 3. The lowest BCUT2D eigenvalue weighted by molar-refractivity contribution is -0.137. The average Bonchev–Trinajstić information content (AvgIpc) is 3.51. The number of thiophene rings is 1. The molecule has 1 atom stereocenters. The number of rotatable bonds is 6. The van der Waals surface area contributed by atoms with Crippen molar-refractivity contribution in [3.63, 3.8) is 0 Å². The van der Waals surface area contributed by atoms with Crippen LogP contribution in [0.25, 0.3) is 0 Å². The van der Waals surface area contributed by atoms with Gasteiger partial charge < -0.3 is 15.1 Å². The third kappa shape index (κ3) is 4.95. The van der Waals surface area contributed by atoms with Crippen LogP contribution < -0.4 is 10.6 Å². The Kier molecular flexibility index (Phi) is 6.34. The molecule has 5 nitrogen and oxygen atoms in total. The summed E-state index contributed by atoms with van der Waals surface area (Å²) in [6, 6.07) is 13.3. The van der Waals surface area contributed by atoms with Gasteiger partial charge in [-0.05, 0) is 73.2 Å². The molecule has 0 saturated carbocycles. The van der Waals surface area contributed by atoms with E-state index in [0.717, 1.165) is 48.9 Å². The SMILES string of the molecule is O=C(Nc1sc2c(c1C(Nc1ccccn1)c1ccc(C(F)(F)F)cc1)CCCC2)c1ccco1. The summed E-state index contributed by atoms with van der Waals surface area (Å²) in [5, 5.41) is 7.04. The van der Waals surface area contributed by atoms with E-state index in [4.69, 9.17) is 4.42 Å². The minimum absolute atomic E-state index is 0.186. The Morgan fingerprint density at radius 1 is 1.03 bits per heavy atom. The van der Waals surface area contributed by atoms with Crippen molar-refractivity contribution in [3.05, 3.63) is 99.9 Å². The molecule has 0 bridgehead atoms. The Balaban J connectivity index is 1.60. The molecule has 9 heteroatoms. The van der Waals surface area contributed by atoms with Gasteiger partial charge in [0.1, 0.15) is 10.8 Å². The number of furan rings is 1. The zero-order valence-corrected chi connectivity index (χ0v) is 19.4. The summed E-state index contributed by atoms with van der Waals surface area (Å²) in [5.41, 5.74) is 1.92. The van der Waals surface area contributed by atoms with Crippen LogP contribution in [0.15, 0.2) is 71.5 Å². The van der Waals surface area contributed by atoms with Crippen molar-refractivity contribution in [2.24, 2.45) is 0 Å². The van der Waals surface area contributed by atoms with E-state index < -0.39 is 17.8 Å². The first-order valence-electron chi connectivity index (χ1n) is 11.2. The molecule has 1 aromatic carbocycles. The molecule has 180 valence electrons. The molecule has 1 aliphatic carbocycles. The molecule has 0 radical (unpaired) electrons. The number of aryl methyl sites for hydroxylation is 1. The Hall–Kier alpha value is -3.59. The van der Waals surface area contributed by atoms with Crippen LogP contribution in [0.4, 0.5) is 24.0 Å². The molecular weight excluding hydrogens is 475 g/mol. The van der Waals surface area contributed by atoms with Gasteiger partial charge in [0, 0.05) is 16.6 Å². The summed E-state index contributed by atoms with van der Waals surface area (Å²) in [6.45, 7) is 0. The van der Waals surface area contributed by atoms with Crippen LogP contribution in [0, 0.1) is 0 Å². The van der Waals surface area contributed by atoms with Crippen LogP contribution >= 0.6 is 11.3 Å². The molecule has 1 aliphatic rings. The Morgan fingerprint density at radius 3 is 2.51 bits per heavy atom. The summed E-state index contributed by atoms with van der Waals surface area (Å²) in [5.74, 6) is 0.390. The van der Waals surface area contributed by atoms with Gasteiger partial charge in [-0.15, -0.1) is 11.3 Å². The number of nitrogens with zero attached hydrogens (tertiary/aromatic N) is 1. The van der Waals surface area contributed by atoms with Gasteiger partial charge in [-0.2, -0.15) is 13.2 Å². The molecule has 5 rings (SSSR count). The van der Waals surface area contributed by atoms with E-state index >= 15 is 0 Å². The normalized spacial score (nSPS) is 14.3. The van der Waals surface area contributed by atoms with Crippen LogP contribution in [-0.2, 0) is 19.0 Å². The molecule has 4 aromatic rings. The highest BCUT2D eigenvalue weighted by Gasteiger charge is 2.32. The number of nitrogens with one attached hydrogen (secondary N) is 2. The standard InChI is InChI=1S/C26H22F3N3O2S/c27-26(28,29)17-12-10-16(11-13-17)23(31-21-9-3-4-14-30-21)22-18-6-1-2-8-20(18)35-25(22)32-24(33)19-7-5-15-34-19/h3-5,7,9-15,23H,1-2,6,8H2,(H,30,31)(H,32,33). The van der Waals surface area contributed by atoms with Crippen molar-refractivity contribution < 1.29 is 22.4 Å². The molecule has 3 heterocycles. The number of hydrogen-bond donors (Lipinski definition) is 2. The second-order valence-electron chi connectivity index (χ2n) is 8.30. The molecule has 0 aliphatic heterocycles.